The predicted octanol–water partition coefficient (Wildman–Crippen LogP) is 2.97. The lowest BCUT2D eigenvalue weighted by Gasteiger charge is -2.21. The highest BCUT2D eigenvalue weighted by Gasteiger charge is 2.09. The van der Waals surface area contributed by atoms with Crippen molar-refractivity contribution in [3.05, 3.63) is 0 Å². The zero-order chi connectivity index (χ0) is 11.0. The van der Waals surface area contributed by atoms with Gasteiger partial charge in [-0.3, -0.25) is 0 Å². The van der Waals surface area contributed by atoms with E-state index in [4.69, 9.17) is 4.74 Å². The van der Waals surface area contributed by atoms with Crippen LogP contribution in [0.2, 0.25) is 0 Å². The molecule has 0 aromatic carbocycles. The molecule has 1 atom stereocenters. The fourth-order valence-electron chi connectivity index (χ4n) is 1.50. The van der Waals surface area contributed by atoms with E-state index >= 15 is 0 Å². The highest BCUT2D eigenvalue weighted by Crippen LogP contribution is 2.08. The van der Waals surface area contributed by atoms with Crippen molar-refractivity contribution >= 4 is 0 Å². The Labute approximate surface area is 89.4 Å². The lowest BCUT2D eigenvalue weighted by molar-refractivity contribution is 0.0852. The van der Waals surface area contributed by atoms with E-state index in [9.17, 15) is 0 Å². The second-order valence-corrected chi connectivity index (χ2v) is 4.97. The lowest BCUT2D eigenvalue weighted by atomic mass is 10.1. The summed E-state index contributed by atoms with van der Waals surface area (Å²) in [6.07, 6.45) is 5.24. The standard InChI is InChI=1S/C12H27NO/c1-6-8-11(14-5)9-7-10-13-12(2,3)4/h11,13H,6-10H2,1-5H3/t11-/m1/s1. The Bertz CT molecular complexity index is 129. The third-order valence-corrected chi connectivity index (χ3v) is 2.30. The van der Waals surface area contributed by atoms with Gasteiger partial charge in [0.15, 0.2) is 0 Å². The minimum absolute atomic E-state index is 0.243. The van der Waals surface area contributed by atoms with Crippen LogP contribution in [-0.4, -0.2) is 25.3 Å². The Balaban J connectivity index is 3.42. The van der Waals surface area contributed by atoms with Gasteiger partial charge in [0.1, 0.15) is 0 Å². The molecule has 0 heterocycles. The Kier molecular flexibility index (Phi) is 7.20. The van der Waals surface area contributed by atoms with E-state index in [0.717, 1.165) is 6.54 Å². The Morgan fingerprint density at radius 2 is 1.86 bits per heavy atom. The summed E-state index contributed by atoms with van der Waals surface area (Å²) in [5.74, 6) is 0. The van der Waals surface area contributed by atoms with E-state index in [1.54, 1.807) is 0 Å². The number of ether oxygens (including phenoxy) is 1. The van der Waals surface area contributed by atoms with Crippen LogP contribution in [0, 0.1) is 0 Å². The summed E-state index contributed by atoms with van der Waals surface area (Å²) in [6, 6.07) is 0. The Morgan fingerprint density at radius 3 is 2.29 bits per heavy atom. The van der Waals surface area contributed by atoms with Gasteiger partial charge in [0.2, 0.25) is 0 Å². The van der Waals surface area contributed by atoms with Gasteiger partial charge < -0.3 is 10.1 Å². The van der Waals surface area contributed by atoms with Gasteiger partial charge in [-0.05, 0) is 46.6 Å². The molecular formula is C12H27NO. The Morgan fingerprint density at radius 1 is 1.21 bits per heavy atom. The average Bonchev–Trinajstić information content (AvgIpc) is 2.08. The first-order valence-corrected chi connectivity index (χ1v) is 5.77. The molecule has 0 radical (unpaired) electrons. The van der Waals surface area contributed by atoms with E-state index in [1.165, 1.54) is 25.7 Å². The molecule has 0 aromatic rings. The van der Waals surface area contributed by atoms with Gasteiger partial charge in [-0.15, -0.1) is 0 Å². The van der Waals surface area contributed by atoms with Gasteiger partial charge in [-0.1, -0.05) is 13.3 Å². The minimum atomic E-state index is 0.243. The maximum absolute atomic E-state index is 5.40. The van der Waals surface area contributed by atoms with Gasteiger partial charge in [0, 0.05) is 12.6 Å². The van der Waals surface area contributed by atoms with Crippen molar-refractivity contribution in [3.63, 3.8) is 0 Å². The number of methoxy groups -OCH3 is 1. The summed E-state index contributed by atoms with van der Waals surface area (Å²) >= 11 is 0. The first-order chi connectivity index (χ1) is 6.49. The monoisotopic (exact) mass is 201 g/mol. The quantitative estimate of drug-likeness (QED) is 0.639. The van der Waals surface area contributed by atoms with Gasteiger partial charge in [0.05, 0.1) is 6.10 Å². The molecule has 0 aliphatic carbocycles. The van der Waals surface area contributed by atoms with Crippen molar-refractivity contribution in [2.24, 2.45) is 0 Å². The second kappa shape index (κ2) is 7.24. The third-order valence-electron chi connectivity index (χ3n) is 2.30. The highest BCUT2D eigenvalue weighted by atomic mass is 16.5. The number of nitrogens with one attached hydrogen (secondary N) is 1. The summed E-state index contributed by atoms with van der Waals surface area (Å²) in [7, 11) is 1.82. The van der Waals surface area contributed by atoms with Crippen molar-refractivity contribution in [1.29, 1.82) is 0 Å². The molecule has 0 saturated carbocycles. The van der Waals surface area contributed by atoms with Gasteiger partial charge in [-0.2, -0.15) is 0 Å². The molecule has 0 bridgehead atoms. The van der Waals surface area contributed by atoms with Crippen LogP contribution in [0.4, 0.5) is 0 Å². The number of hydrogen-bond acceptors (Lipinski definition) is 2. The van der Waals surface area contributed by atoms with Crippen LogP contribution < -0.4 is 5.32 Å². The molecule has 0 aromatic heterocycles. The first kappa shape index (κ1) is 13.9. The molecule has 0 fully saturated rings. The molecule has 2 nitrogen and oxygen atoms in total. The van der Waals surface area contributed by atoms with Crippen molar-refractivity contribution in [3.8, 4) is 0 Å². The minimum Gasteiger partial charge on any atom is -0.381 e. The fraction of sp³-hybridized carbons (Fsp3) is 1.00. The van der Waals surface area contributed by atoms with Crippen LogP contribution in [0.3, 0.4) is 0 Å². The summed E-state index contributed by atoms with van der Waals surface area (Å²) < 4.78 is 5.40. The van der Waals surface area contributed by atoms with Crippen LogP contribution in [-0.2, 0) is 4.74 Å². The molecule has 1 N–H and O–H groups in total. The second-order valence-electron chi connectivity index (χ2n) is 4.97. The molecule has 0 aliphatic rings. The van der Waals surface area contributed by atoms with Crippen LogP contribution in [0.25, 0.3) is 0 Å². The molecule has 0 unspecified atom stereocenters. The molecular weight excluding hydrogens is 174 g/mol. The normalized spacial score (nSPS) is 14.4. The van der Waals surface area contributed by atoms with Crippen LogP contribution in [0.5, 0.6) is 0 Å². The smallest absolute Gasteiger partial charge is 0.0571 e. The molecule has 0 spiro atoms. The van der Waals surface area contributed by atoms with E-state index in [2.05, 4.69) is 33.0 Å². The van der Waals surface area contributed by atoms with Crippen LogP contribution in [0.15, 0.2) is 0 Å². The van der Waals surface area contributed by atoms with Crippen molar-refractivity contribution in [2.75, 3.05) is 13.7 Å². The summed E-state index contributed by atoms with van der Waals surface area (Å²) in [6.45, 7) is 9.90. The number of rotatable bonds is 7. The van der Waals surface area contributed by atoms with Gasteiger partial charge in [0.25, 0.3) is 0 Å². The van der Waals surface area contributed by atoms with Gasteiger partial charge >= 0.3 is 0 Å². The van der Waals surface area contributed by atoms with E-state index in [-0.39, 0.29) is 5.54 Å². The topological polar surface area (TPSA) is 21.3 Å². The number of hydrogen-bond donors (Lipinski definition) is 1. The zero-order valence-corrected chi connectivity index (χ0v) is 10.5. The largest absolute Gasteiger partial charge is 0.381 e. The summed E-state index contributed by atoms with van der Waals surface area (Å²) in [4.78, 5) is 0. The van der Waals surface area contributed by atoms with Gasteiger partial charge in [-0.25, -0.2) is 0 Å². The van der Waals surface area contributed by atoms with Crippen molar-refractivity contribution in [2.45, 2.75) is 65.0 Å². The van der Waals surface area contributed by atoms with E-state index in [0.29, 0.717) is 6.10 Å². The van der Waals surface area contributed by atoms with E-state index in [1.807, 2.05) is 7.11 Å². The average molecular weight is 201 g/mol. The third kappa shape index (κ3) is 8.52. The summed E-state index contributed by atoms with van der Waals surface area (Å²) in [5, 5.41) is 3.49. The molecule has 0 rings (SSSR count). The van der Waals surface area contributed by atoms with Crippen molar-refractivity contribution in [1.82, 2.24) is 5.32 Å². The Hall–Kier alpha value is -0.0800. The van der Waals surface area contributed by atoms with E-state index < -0.39 is 0 Å². The highest BCUT2D eigenvalue weighted by molar-refractivity contribution is 4.70. The SMILES string of the molecule is CCC[C@H](CCCNC(C)(C)C)OC. The fourth-order valence-corrected chi connectivity index (χ4v) is 1.50. The molecule has 0 aliphatic heterocycles. The van der Waals surface area contributed by atoms with Crippen LogP contribution in [0.1, 0.15) is 53.4 Å². The van der Waals surface area contributed by atoms with Crippen LogP contribution >= 0.6 is 0 Å². The summed E-state index contributed by atoms with van der Waals surface area (Å²) in [5.41, 5.74) is 0.243. The van der Waals surface area contributed by atoms with Crippen molar-refractivity contribution < 1.29 is 4.74 Å². The zero-order valence-electron chi connectivity index (χ0n) is 10.5. The predicted molar refractivity (Wildman–Crippen MR) is 62.7 cm³/mol. The molecule has 0 saturated heterocycles. The maximum atomic E-state index is 5.40. The molecule has 0 amide bonds. The maximum Gasteiger partial charge on any atom is 0.0571 e. The molecule has 2 heteroatoms. The first-order valence-electron chi connectivity index (χ1n) is 5.77. The molecule has 14 heavy (non-hydrogen) atoms. The lowest BCUT2D eigenvalue weighted by Crippen LogP contribution is -2.36. The molecule has 86 valence electrons.